The van der Waals surface area contributed by atoms with Gasteiger partial charge < -0.3 is 15.5 Å². The summed E-state index contributed by atoms with van der Waals surface area (Å²) in [6.07, 6.45) is 1.97. The number of hydrogen-bond acceptors (Lipinski definition) is 3. The number of carbonyl (C=O) groups excluding carboxylic acids is 1. The molecular formula is C14H19N3O. The summed E-state index contributed by atoms with van der Waals surface area (Å²) in [5.74, 6) is 0.205. The second kappa shape index (κ2) is 4.61. The molecule has 2 aliphatic rings. The molecule has 18 heavy (non-hydrogen) atoms. The molecule has 0 aliphatic carbocycles. The molecule has 0 spiro atoms. The van der Waals surface area contributed by atoms with Crippen LogP contribution in [0.3, 0.4) is 0 Å². The maximum Gasteiger partial charge on any atom is 0.244 e. The molecule has 1 amide bonds. The van der Waals surface area contributed by atoms with Crippen LogP contribution in [0.5, 0.6) is 0 Å². The maximum atomic E-state index is 11.9. The van der Waals surface area contributed by atoms with Gasteiger partial charge in [0.2, 0.25) is 5.91 Å². The Morgan fingerprint density at radius 1 is 1.44 bits per heavy atom. The molecule has 1 aromatic carbocycles. The third-order valence-electron chi connectivity index (χ3n) is 3.90. The number of rotatable bonds is 2. The number of nitrogens with zero attached hydrogens (tertiary/aromatic N) is 1. The van der Waals surface area contributed by atoms with Crippen LogP contribution >= 0.6 is 0 Å². The summed E-state index contributed by atoms with van der Waals surface area (Å²) in [4.78, 5) is 13.7. The average Bonchev–Trinajstić information content (AvgIpc) is 2.71. The molecule has 2 aliphatic heterocycles. The molecule has 1 aromatic rings. The van der Waals surface area contributed by atoms with Crippen LogP contribution in [0.2, 0.25) is 0 Å². The number of hydrogen-bond donors (Lipinski definition) is 2. The van der Waals surface area contributed by atoms with E-state index in [4.69, 9.17) is 0 Å². The zero-order valence-electron chi connectivity index (χ0n) is 10.7. The van der Waals surface area contributed by atoms with Crippen LogP contribution in [0.4, 0.5) is 5.69 Å². The number of fused-ring (bicyclic) bond motifs is 1. The minimum atomic E-state index is -0.0524. The van der Waals surface area contributed by atoms with Crippen LogP contribution in [0.15, 0.2) is 18.2 Å². The van der Waals surface area contributed by atoms with Gasteiger partial charge in [-0.2, -0.15) is 0 Å². The van der Waals surface area contributed by atoms with E-state index in [0.717, 1.165) is 38.2 Å². The number of carbonyl (C=O) groups is 1. The number of nitrogens with one attached hydrogen (secondary N) is 2. The van der Waals surface area contributed by atoms with Crippen molar-refractivity contribution in [2.24, 2.45) is 0 Å². The lowest BCUT2D eigenvalue weighted by Crippen LogP contribution is -2.32. The highest BCUT2D eigenvalue weighted by Crippen LogP contribution is 2.25. The molecule has 4 heteroatoms. The third kappa shape index (κ3) is 1.97. The highest BCUT2D eigenvalue weighted by atomic mass is 16.2. The molecule has 2 N–H and O–H groups in total. The van der Waals surface area contributed by atoms with Crippen LogP contribution in [-0.2, 0) is 17.8 Å². The first-order chi connectivity index (χ1) is 8.75. The Balaban J connectivity index is 1.83. The van der Waals surface area contributed by atoms with Crippen molar-refractivity contribution in [3.8, 4) is 0 Å². The van der Waals surface area contributed by atoms with Crippen LogP contribution in [0, 0.1) is 0 Å². The summed E-state index contributed by atoms with van der Waals surface area (Å²) in [5, 5.41) is 6.81. The predicted octanol–water partition coefficient (Wildman–Crippen LogP) is 0.975. The van der Waals surface area contributed by atoms with Crippen molar-refractivity contribution < 1.29 is 4.79 Å². The van der Waals surface area contributed by atoms with E-state index in [9.17, 15) is 4.79 Å². The van der Waals surface area contributed by atoms with Crippen molar-refractivity contribution in [1.82, 2.24) is 10.2 Å². The Morgan fingerprint density at radius 3 is 3.11 bits per heavy atom. The SMILES string of the molecule is CN1CC[C@H](Nc2cccc3c2CNCC3)C1=O. The van der Waals surface area contributed by atoms with Gasteiger partial charge in [-0.15, -0.1) is 0 Å². The number of amides is 1. The molecule has 0 aromatic heterocycles. The molecule has 1 fully saturated rings. The molecule has 2 heterocycles. The molecule has 1 saturated heterocycles. The smallest absolute Gasteiger partial charge is 0.244 e. The van der Waals surface area contributed by atoms with E-state index in [0.29, 0.717) is 0 Å². The minimum absolute atomic E-state index is 0.0524. The lowest BCUT2D eigenvalue weighted by atomic mass is 9.99. The van der Waals surface area contributed by atoms with Crippen LogP contribution in [0.1, 0.15) is 17.5 Å². The van der Waals surface area contributed by atoms with Crippen LogP contribution in [-0.4, -0.2) is 37.0 Å². The molecule has 0 radical (unpaired) electrons. The number of likely N-dealkylation sites (tertiary alicyclic amines) is 1. The van der Waals surface area contributed by atoms with Crippen molar-refractivity contribution in [2.75, 3.05) is 25.5 Å². The molecule has 0 unspecified atom stereocenters. The van der Waals surface area contributed by atoms with Gasteiger partial charge in [-0.3, -0.25) is 4.79 Å². The van der Waals surface area contributed by atoms with Crippen molar-refractivity contribution in [1.29, 1.82) is 0 Å². The van der Waals surface area contributed by atoms with Gasteiger partial charge in [-0.25, -0.2) is 0 Å². The van der Waals surface area contributed by atoms with E-state index in [2.05, 4.69) is 28.8 Å². The largest absolute Gasteiger partial charge is 0.373 e. The average molecular weight is 245 g/mol. The molecular weight excluding hydrogens is 226 g/mol. The molecule has 0 bridgehead atoms. The Morgan fingerprint density at radius 2 is 2.33 bits per heavy atom. The van der Waals surface area contributed by atoms with Crippen molar-refractivity contribution in [3.63, 3.8) is 0 Å². The normalized spacial score (nSPS) is 23.1. The third-order valence-corrected chi connectivity index (χ3v) is 3.90. The van der Waals surface area contributed by atoms with E-state index < -0.39 is 0 Å². The standard InChI is InChI=1S/C14H19N3O/c1-17-8-6-13(14(17)18)16-12-4-2-3-10-5-7-15-9-11(10)12/h2-4,13,15-16H,5-9H2,1H3/t13-/m0/s1. The lowest BCUT2D eigenvalue weighted by molar-refractivity contribution is -0.127. The van der Waals surface area contributed by atoms with E-state index in [1.165, 1.54) is 11.1 Å². The molecule has 4 nitrogen and oxygen atoms in total. The summed E-state index contributed by atoms with van der Waals surface area (Å²) in [5.41, 5.74) is 3.84. The molecule has 3 rings (SSSR count). The summed E-state index contributed by atoms with van der Waals surface area (Å²) < 4.78 is 0. The molecule has 1 atom stereocenters. The van der Waals surface area contributed by atoms with Gasteiger partial charge in [0.05, 0.1) is 0 Å². The van der Waals surface area contributed by atoms with E-state index in [1.54, 1.807) is 4.90 Å². The first-order valence-corrected chi connectivity index (χ1v) is 6.59. The minimum Gasteiger partial charge on any atom is -0.373 e. The van der Waals surface area contributed by atoms with Crippen LogP contribution in [0.25, 0.3) is 0 Å². The molecule has 96 valence electrons. The summed E-state index contributed by atoms with van der Waals surface area (Å²) in [6, 6.07) is 6.29. The van der Waals surface area contributed by atoms with E-state index in [1.807, 2.05) is 7.05 Å². The van der Waals surface area contributed by atoms with Gasteiger partial charge in [-0.05, 0) is 36.6 Å². The second-order valence-electron chi connectivity index (χ2n) is 5.12. The fourth-order valence-electron chi connectivity index (χ4n) is 2.79. The van der Waals surface area contributed by atoms with Gasteiger partial charge in [0.25, 0.3) is 0 Å². The zero-order valence-corrected chi connectivity index (χ0v) is 10.7. The number of likely N-dealkylation sites (N-methyl/N-ethyl adjacent to an activating group) is 1. The van der Waals surface area contributed by atoms with Gasteiger partial charge in [0.15, 0.2) is 0 Å². The van der Waals surface area contributed by atoms with Gasteiger partial charge in [-0.1, -0.05) is 12.1 Å². The summed E-state index contributed by atoms with van der Waals surface area (Å²) in [7, 11) is 1.87. The topological polar surface area (TPSA) is 44.4 Å². The second-order valence-corrected chi connectivity index (χ2v) is 5.12. The van der Waals surface area contributed by atoms with Gasteiger partial charge >= 0.3 is 0 Å². The Labute approximate surface area is 107 Å². The summed E-state index contributed by atoms with van der Waals surface area (Å²) in [6.45, 7) is 2.79. The van der Waals surface area contributed by atoms with Crippen molar-refractivity contribution in [3.05, 3.63) is 29.3 Å². The van der Waals surface area contributed by atoms with Gasteiger partial charge in [0.1, 0.15) is 6.04 Å². The number of anilines is 1. The fraction of sp³-hybridized carbons (Fsp3) is 0.500. The zero-order chi connectivity index (χ0) is 12.5. The number of benzene rings is 1. The fourth-order valence-corrected chi connectivity index (χ4v) is 2.79. The highest BCUT2D eigenvalue weighted by Gasteiger charge is 2.29. The van der Waals surface area contributed by atoms with E-state index >= 15 is 0 Å². The summed E-state index contributed by atoms with van der Waals surface area (Å²) >= 11 is 0. The Hall–Kier alpha value is -1.55. The molecule has 0 saturated carbocycles. The predicted molar refractivity (Wildman–Crippen MR) is 71.5 cm³/mol. The van der Waals surface area contributed by atoms with E-state index in [-0.39, 0.29) is 11.9 Å². The highest BCUT2D eigenvalue weighted by molar-refractivity contribution is 5.86. The maximum absolute atomic E-state index is 11.9. The monoisotopic (exact) mass is 245 g/mol. The Kier molecular flexibility index (Phi) is 2.96. The first-order valence-electron chi connectivity index (χ1n) is 6.59. The van der Waals surface area contributed by atoms with Gasteiger partial charge in [0, 0.05) is 25.8 Å². The van der Waals surface area contributed by atoms with Crippen molar-refractivity contribution >= 4 is 11.6 Å². The first kappa shape index (κ1) is 11.5. The quantitative estimate of drug-likeness (QED) is 0.816. The Bertz CT molecular complexity index is 472. The van der Waals surface area contributed by atoms with Crippen LogP contribution < -0.4 is 10.6 Å². The van der Waals surface area contributed by atoms with Crippen molar-refractivity contribution in [2.45, 2.75) is 25.4 Å². The lowest BCUT2D eigenvalue weighted by Gasteiger charge is -2.22.